The minimum absolute atomic E-state index is 0.301. The van der Waals surface area contributed by atoms with Crippen LogP contribution in [0.5, 0.6) is 0 Å². The summed E-state index contributed by atoms with van der Waals surface area (Å²) in [5.41, 5.74) is 1.03. The van der Waals surface area contributed by atoms with Gasteiger partial charge in [-0.3, -0.25) is 0 Å². The van der Waals surface area contributed by atoms with E-state index in [1.165, 1.54) is 15.7 Å². The van der Waals surface area contributed by atoms with E-state index in [4.69, 9.17) is 11.6 Å². The molecule has 0 N–H and O–H groups in total. The summed E-state index contributed by atoms with van der Waals surface area (Å²) in [6.07, 6.45) is 0. The number of sulfonamides is 1. The molecular formula is C12H18ClNO2S2. The summed E-state index contributed by atoms with van der Waals surface area (Å²) in [7, 11) is -1.90. The lowest BCUT2D eigenvalue weighted by Gasteiger charge is -2.20. The van der Waals surface area contributed by atoms with Crippen molar-refractivity contribution in [2.75, 3.05) is 12.8 Å². The van der Waals surface area contributed by atoms with Gasteiger partial charge in [-0.15, -0.1) is 15.3 Å². The van der Waals surface area contributed by atoms with Gasteiger partial charge < -0.3 is 0 Å². The summed E-state index contributed by atoms with van der Waals surface area (Å²) in [5, 5.41) is 0. The molecule has 0 saturated carbocycles. The summed E-state index contributed by atoms with van der Waals surface area (Å²) >= 11 is 7.25. The lowest BCUT2D eigenvalue weighted by atomic mass is 10.2. The van der Waals surface area contributed by atoms with Crippen LogP contribution in [-0.4, -0.2) is 29.8 Å². The van der Waals surface area contributed by atoms with E-state index in [1.54, 1.807) is 31.3 Å². The fourth-order valence-corrected chi connectivity index (χ4v) is 3.56. The van der Waals surface area contributed by atoms with Gasteiger partial charge in [0.2, 0.25) is 0 Å². The van der Waals surface area contributed by atoms with E-state index in [0.29, 0.717) is 10.6 Å². The number of rotatable bonds is 5. The van der Waals surface area contributed by atoms with E-state index in [1.807, 2.05) is 20.8 Å². The number of hydrogen-bond acceptors (Lipinski definition) is 3. The zero-order valence-electron chi connectivity index (χ0n) is 11.0. The Bertz CT molecular complexity index is 492. The molecule has 0 unspecified atom stereocenters. The highest BCUT2D eigenvalue weighted by molar-refractivity contribution is 8.08. The minimum atomic E-state index is -3.44. The van der Waals surface area contributed by atoms with Crippen LogP contribution in [0.3, 0.4) is 0 Å². The van der Waals surface area contributed by atoms with Crippen molar-refractivity contribution in [3.8, 4) is 0 Å². The second-order valence-corrected chi connectivity index (χ2v) is 9.04. The summed E-state index contributed by atoms with van der Waals surface area (Å²) in [6, 6.07) is 6.81. The fourth-order valence-electron chi connectivity index (χ4n) is 1.17. The Balaban J connectivity index is 2.83. The second kappa shape index (κ2) is 5.82. The molecule has 1 aromatic rings. The first kappa shape index (κ1) is 15.8. The highest BCUT2D eigenvalue weighted by Gasteiger charge is 2.24. The van der Waals surface area contributed by atoms with Gasteiger partial charge in [0.05, 0.1) is 4.90 Å². The smallest absolute Gasteiger partial charge is 0.206 e. The van der Waals surface area contributed by atoms with Crippen LogP contribution in [0.4, 0.5) is 0 Å². The van der Waals surface area contributed by atoms with Crippen LogP contribution in [0.1, 0.15) is 19.4 Å². The molecule has 3 nitrogen and oxygen atoms in total. The second-order valence-electron chi connectivity index (χ2n) is 4.72. The van der Waals surface area contributed by atoms with Gasteiger partial charge in [-0.2, -0.15) is 0 Å². The van der Waals surface area contributed by atoms with Crippen molar-refractivity contribution in [3.05, 3.63) is 29.8 Å². The normalized spacial score (nSPS) is 13.0. The van der Waals surface area contributed by atoms with Crippen LogP contribution < -0.4 is 0 Å². The van der Waals surface area contributed by atoms with Gasteiger partial charge in [0.1, 0.15) is 0 Å². The maximum absolute atomic E-state index is 12.2. The van der Waals surface area contributed by atoms with Crippen LogP contribution in [0.25, 0.3) is 0 Å². The molecule has 0 atom stereocenters. The molecule has 0 radical (unpaired) electrons. The van der Waals surface area contributed by atoms with Gasteiger partial charge >= 0.3 is 0 Å². The van der Waals surface area contributed by atoms with Gasteiger partial charge in [0.25, 0.3) is 10.0 Å². The molecule has 0 aliphatic carbocycles. The van der Waals surface area contributed by atoms with Gasteiger partial charge in [0.15, 0.2) is 0 Å². The van der Waals surface area contributed by atoms with Crippen LogP contribution in [0.2, 0.25) is 0 Å². The van der Waals surface area contributed by atoms with Crippen molar-refractivity contribution in [3.63, 3.8) is 0 Å². The van der Waals surface area contributed by atoms with Gasteiger partial charge in [0, 0.05) is 17.7 Å². The average Bonchev–Trinajstić information content (AvgIpc) is 2.25. The Labute approximate surface area is 119 Å². The van der Waals surface area contributed by atoms with E-state index < -0.39 is 14.9 Å². The quantitative estimate of drug-likeness (QED) is 0.619. The molecule has 0 amide bonds. The summed E-state index contributed by atoms with van der Waals surface area (Å²) in [4.78, 5) is -0.127. The zero-order valence-corrected chi connectivity index (χ0v) is 13.4. The van der Waals surface area contributed by atoms with Crippen LogP contribution in [-0.2, 0) is 10.0 Å². The SMILES string of the molecule is Cc1ccc(S(=O)(=O)N(C)SCC(C)(C)Cl)cc1. The van der Waals surface area contributed by atoms with E-state index in [9.17, 15) is 8.42 Å². The third-order valence-corrected chi connectivity index (χ3v) is 6.20. The zero-order chi connectivity index (χ0) is 14.0. The van der Waals surface area contributed by atoms with E-state index in [2.05, 4.69) is 0 Å². The molecule has 0 aliphatic rings. The Kier molecular flexibility index (Phi) is 5.12. The van der Waals surface area contributed by atoms with Crippen molar-refractivity contribution >= 4 is 33.6 Å². The molecule has 0 aromatic heterocycles. The molecule has 0 saturated heterocycles. The molecule has 102 valence electrons. The largest absolute Gasteiger partial charge is 0.252 e. The fraction of sp³-hybridized carbons (Fsp3) is 0.500. The molecule has 1 aromatic carbocycles. The van der Waals surface area contributed by atoms with E-state index in [0.717, 1.165) is 5.56 Å². The molecule has 18 heavy (non-hydrogen) atoms. The Hall–Kier alpha value is -0.230. The average molecular weight is 308 g/mol. The number of nitrogens with zero attached hydrogens (tertiary/aromatic N) is 1. The third kappa shape index (κ3) is 4.46. The Morgan fingerprint density at radius 2 is 1.78 bits per heavy atom. The molecule has 0 aliphatic heterocycles. The molecule has 0 heterocycles. The molecule has 1 rings (SSSR count). The minimum Gasteiger partial charge on any atom is -0.206 e. The first-order chi connectivity index (χ1) is 8.13. The predicted octanol–water partition coefficient (Wildman–Crippen LogP) is 3.28. The number of benzene rings is 1. The van der Waals surface area contributed by atoms with Crippen molar-refractivity contribution in [2.45, 2.75) is 30.5 Å². The number of hydrogen-bond donors (Lipinski definition) is 0. The van der Waals surface area contributed by atoms with E-state index in [-0.39, 0.29) is 0 Å². The topological polar surface area (TPSA) is 37.4 Å². The van der Waals surface area contributed by atoms with Crippen molar-refractivity contribution in [1.82, 2.24) is 3.71 Å². The van der Waals surface area contributed by atoms with Crippen LogP contribution >= 0.6 is 23.5 Å². The van der Waals surface area contributed by atoms with Gasteiger partial charge in [-0.05, 0) is 32.9 Å². The number of alkyl halides is 1. The predicted molar refractivity (Wildman–Crippen MR) is 78.5 cm³/mol. The van der Waals surface area contributed by atoms with Crippen LogP contribution in [0, 0.1) is 6.92 Å². The lowest BCUT2D eigenvalue weighted by Crippen LogP contribution is -2.24. The molecular weight excluding hydrogens is 290 g/mol. The summed E-state index contributed by atoms with van der Waals surface area (Å²) in [5.74, 6) is 0.524. The lowest BCUT2D eigenvalue weighted by molar-refractivity contribution is 0.564. The molecule has 0 bridgehead atoms. The Morgan fingerprint density at radius 3 is 2.22 bits per heavy atom. The van der Waals surface area contributed by atoms with E-state index >= 15 is 0 Å². The molecule has 6 heteroatoms. The first-order valence-corrected chi connectivity index (χ1v) is 8.26. The first-order valence-electron chi connectivity index (χ1n) is 5.50. The van der Waals surface area contributed by atoms with Crippen molar-refractivity contribution < 1.29 is 8.42 Å². The molecule has 0 fully saturated rings. The summed E-state index contributed by atoms with van der Waals surface area (Å²) in [6.45, 7) is 5.63. The van der Waals surface area contributed by atoms with Gasteiger partial charge in [-0.1, -0.05) is 29.6 Å². The number of aryl methyl sites for hydroxylation is 1. The number of halogens is 1. The highest BCUT2D eigenvalue weighted by Crippen LogP contribution is 2.26. The Morgan fingerprint density at radius 1 is 1.28 bits per heavy atom. The maximum Gasteiger partial charge on any atom is 0.252 e. The molecule has 0 spiro atoms. The van der Waals surface area contributed by atoms with Crippen molar-refractivity contribution in [1.29, 1.82) is 0 Å². The van der Waals surface area contributed by atoms with Crippen molar-refractivity contribution in [2.24, 2.45) is 0 Å². The van der Waals surface area contributed by atoms with Gasteiger partial charge in [-0.25, -0.2) is 8.42 Å². The summed E-state index contributed by atoms with van der Waals surface area (Å²) < 4.78 is 25.7. The standard InChI is InChI=1S/C12H18ClNO2S2/c1-10-5-7-11(8-6-10)18(15,16)14(4)17-9-12(2,3)13/h5-8H,9H2,1-4H3. The monoisotopic (exact) mass is 307 g/mol. The maximum atomic E-state index is 12.2. The highest BCUT2D eigenvalue weighted by atomic mass is 35.5. The van der Waals surface area contributed by atoms with Crippen LogP contribution in [0.15, 0.2) is 29.2 Å². The third-order valence-electron chi connectivity index (χ3n) is 2.25.